The number of rotatable bonds is 4. The van der Waals surface area contributed by atoms with E-state index in [4.69, 9.17) is 10.5 Å². The lowest BCUT2D eigenvalue weighted by Crippen LogP contribution is -2.52. The second-order valence-corrected chi connectivity index (χ2v) is 5.11. The van der Waals surface area contributed by atoms with Gasteiger partial charge in [0, 0.05) is 39.8 Å². The third-order valence-electron chi connectivity index (χ3n) is 2.85. The number of nitrogens with one attached hydrogen (secondary N) is 1. The van der Waals surface area contributed by atoms with Crippen molar-refractivity contribution >= 4 is 27.6 Å². The quantitative estimate of drug-likeness (QED) is 0.731. The van der Waals surface area contributed by atoms with Gasteiger partial charge in [0.15, 0.2) is 0 Å². The summed E-state index contributed by atoms with van der Waals surface area (Å²) < 4.78 is 4.89. The molecule has 1 aromatic heterocycles. The summed E-state index contributed by atoms with van der Waals surface area (Å²) in [6.07, 6.45) is 0. The molecule has 0 bridgehead atoms. The number of carbonyl (C=O) groups excluding carboxylic acids is 1. The smallest absolute Gasteiger partial charge is 0.317 e. The number of nitrogens with zero attached hydrogens (tertiary/aromatic N) is 4. The standard InChI is InChI=1S/C10H18N6O2S/c1-18-7-2-12-9(17)15-3-5-16(6-4-15)10-14-13-8(11)19-10/h2-7H2,1H3,(H2,11,13)(H,12,17). The van der Waals surface area contributed by atoms with Crippen LogP contribution in [-0.4, -0.2) is 67.6 Å². The van der Waals surface area contributed by atoms with E-state index in [1.165, 1.54) is 11.3 Å². The van der Waals surface area contributed by atoms with Crippen molar-refractivity contribution in [3.63, 3.8) is 0 Å². The first-order valence-corrected chi connectivity index (χ1v) is 6.88. The minimum Gasteiger partial charge on any atom is -0.383 e. The number of amides is 2. The molecule has 0 radical (unpaired) electrons. The predicted octanol–water partition coefficient (Wildman–Crippen LogP) is -0.402. The zero-order chi connectivity index (χ0) is 13.7. The Morgan fingerprint density at radius 2 is 2.16 bits per heavy atom. The number of carbonyl (C=O) groups is 1. The first-order chi connectivity index (χ1) is 9.20. The Morgan fingerprint density at radius 3 is 2.74 bits per heavy atom. The zero-order valence-corrected chi connectivity index (χ0v) is 11.7. The molecule has 2 heterocycles. The highest BCUT2D eigenvalue weighted by molar-refractivity contribution is 7.18. The summed E-state index contributed by atoms with van der Waals surface area (Å²) in [6, 6.07) is -0.0477. The molecule has 1 aliphatic heterocycles. The Bertz CT molecular complexity index is 418. The molecule has 1 fully saturated rings. The monoisotopic (exact) mass is 286 g/mol. The molecule has 2 rings (SSSR count). The maximum atomic E-state index is 11.8. The van der Waals surface area contributed by atoms with Gasteiger partial charge in [-0.25, -0.2) is 4.79 Å². The Hall–Kier alpha value is -1.61. The van der Waals surface area contributed by atoms with Crippen molar-refractivity contribution in [2.24, 2.45) is 0 Å². The number of hydrogen-bond donors (Lipinski definition) is 2. The van der Waals surface area contributed by atoms with Crippen LogP contribution >= 0.6 is 11.3 Å². The lowest BCUT2D eigenvalue weighted by Gasteiger charge is -2.34. The minimum atomic E-state index is -0.0477. The molecule has 0 spiro atoms. The fourth-order valence-electron chi connectivity index (χ4n) is 1.83. The maximum absolute atomic E-state index is 11.8. The van der Waals surface area contributed by atoms with E-state index in [2.05, 4.69) is 20.4 Å². The van der Waals surface area contributed by atoms with Gasteiger partial charge in [-0.3, -0.25) is 0 Å². The van der Waals surface area contributed by atoms with E-state index < -0.39 is 0 Å². The molecule has 1 aliphatic rings. The van der Waals surface area contributed by atoms with Crippen LogP contribution in [0.3, 0.4) is 0 Å². The Balaban J connectivity index is 1.77. The van der Waals surface area contributed by atoms with Crippen molar-refractivity contribution in [3.05, 3.63) is 0 Å². The normalized spacial score (nSPS) is 15.6. The van der Waals surface area contributed by atoms with E-state index >= 15 is 0 Å². The van der Waals surface area contributed by atoms with Crippen LogP contribution in [0.5, 0.6) is 0 Å². The number of nitrogens with two attached hydrogens (primary N) is 1. The third kappa shape index (κ3) is 3.67. The van der Waals surface area contributed by atoms with Crippen LogP contribution in [0.15, 0.2) is 0 Å². The Labute approximate surface area is 115 Å². The summed E-state index contributed by atoms with van der Waals surface area (Å²) in [5.41, 5.74) is 5.56. The van der Waals surface area contributed by atoms with Gasteiger partial charge >= 0.3 is 6.03 Å². The second kappa shape index (κ2) is 6.53. The summed E-state index contributed by atoms with van der Waals surface area (Å²) in [5.74, 6) is 0. The van der Waals surface area contributed by atoms with Gasteiger partial charge in [0.25, 0.3) is 0 Å². The van der Waals surface area contributed by atoms with Crippen molar-refractivity contribution in [1.82, 2.24) is 20.4 Å². The summed E-state index contributed by atoms with van der Waals surface area (Å²) in [4.78, 5) is 15.7. The number of methoxy groups -OCH3 is 1. The van der Waals surface area contributed by atoms with Crippen LogP contribution in [0.4, 0.5) is 15.1 Å². The topological polar surface area (TPSA) is 96.6 Å². The number of aromatic nitrogens is 2. The minimum absolute atomic E-state index is 0.0477. The highest BCUT2D eigenvalue weighted by atomic mass is 32.1. The number of piperazine rings is 1. The Morgan fingerprint density at radius 1 is 1.42 bits per heavy atom. The molecule has 3 N–H and O–H groups in total. The van der Waals surface area contributed by atoms with E-state index in [1.54, 1.807) is 12.0 Å². The van der Waals surface area contributed by atoms with Crippen molar-refractivity contribution in [3.8, 4) is 0 Å². The largest absolute Gasteiger partial charge is 0.383 e. The fraction of sp³-hybridized carbons (Fsp3) is 0.700. The first-order valence-electron chi connectivity index (χ1n) is 6.06. The van der Waals surface area contributed by atoms with Crippen molar-refractivity contribution in [1.29, 1.82) is 0 Å². The second-order valence-electron chi connectivity index (χ2n) is 4.12. The summed E-state index contributed by atoms with van der Waals surface area (Å²) >= 11 is 1.37. The number of urea groups is 1. The number of ether oxygens (including phenoxy) is 1. The average molecular weight is 286 g/mol. The van der Waals surface area contributed by atoms with Crippen LogP contribution in [0.25, 0.3) is 0 Å². The van der Waals surface area contributed by atoms with Crippen LogP contribution < -0.4 is 16.0 Å². The molecular formula is C10H18N6O2S. The SMILES string of the molecule is COCCNC(=O)N1CCN(c2nnc(N)s2)CC1. The van der Waals surface area contributed by atoms with E-state index in [-0.39, 0.29) is 6.03 Å². The maximum Gasteiger partial charge on any atom is 0.317 e. The molecule has 9 heteroatoms. The van der Waals surface area contributed by atoms with Gasteiger partial charge in [-0.1, -0.05) is 11.3 Å². The third-order valence-corrected chi connectivity index (χ3v) is 3.66. The molecule has 106 valence electrons. The van der Waals surface area contributed by atoms with Gasteiger partial charge < -0.3 is 25.6 Å². The fourth-order valence-corrected chi connectivity index (χ4v) is 2.49. The van der Waals surface area contributed by atoms with Gasteiger partial charge in [0.05, 0.1) is 6.61 Å². The summed E-state index contributed by atoms with van der Waals surface area (Å²) in [6.45, 7) is 3.87. The number of hydrogen-bond acceptors (Lipinski definition) is 7. The van der Waals surface area contributed by atoms with Gasteiger partial charge in [0.1, 0.15) is 0 Å². The molecule has 2 amide bonds. The van der Waals surface area contributed by atoms with Crippen LogP contribution in [-0.2, 0) is 4.74 Å². The van der Waals surface area contributed by atoms with Crippen molar-refractivity contribution < 1.29 is 9.53 Å². The Kier molecular flexibility index (Phi) is 4.74. The molecule has 19 heavy (non-hydrogen) atoms. The van der Waals surface area contributed by atoms with Gasteiger partial charge in [-0.05, 0) is 0 Å². The predicted molar refractivity (Wildman–Crippen MR) is 73.4 cm³/mol. The van der Waals surface area contributed by atoms with Crippen LogP contribution in [0.2, 0.25) is 0 Å². The zero-order valence-electron chi connectivity index (χ0n) is 10.8. The summed E-state index contributed by atoms with van der Waals surface area (Å²) in [5, 5.41) is 11.9. The lowest BCUT2D eigenvalue weighted by molar-refractivity contribution is 0.177. The molecular weight excluding hydrogens is 268 g/mol. The van der Waals surface area contributed by atoms with Gasteiger partial charge in [-0.2, -0.15) is 0 Å². The highest BCUT2D eigenvalue weighted by Crippen LogP contribution is 2.22. The molecule has 1 saturated heterocycles. The van der Waals surface area contributed by atoms with Crippen molar-refractivity contribution in [2.75, 3.05) is 57.1 Å². The van der Waals surface area contributed by atoms with E-state index in [9.17, 15) is 4.79 Å². The summed E-state index contributed by atoms with van der Waals surface area (Å²) in [7, 11) is 1.61. The molecule has 0 saturated carbocycles. The van der Waals surface area contributed by atoms with Crippen LogP contribution in [0, 0.1) is 0 Å². The molecule has 0 atom stereocenters. The lowest BCUT2D eigenvalue weighted by atomic mass is 10.3. The molecule has 8 nitrogen and oxygen atoms in total. The molecule has 0 aromatic carbocycles. The average Bonchev–Trinajstić information content (AvgIpc) is 2.86. The number of anilines is 2. The van der Waals surface area contributed by atoms with Crippen molar-refractivity contribution in [2.45, 2.75) is 0 Å². The first kappa shape index (κ1) is 13.8. The van der Waals surface area contributed by atoms with Gasteiger partial charge in [0.2, 0.25) is 10.3 Å². The molecule has 1 aromatic rings. The van der Waals surface area contributed by atoms with E-state index in [0.29, 0.717) is 31.4 Å². The molecule has 0 aliphatic carbocycles. The number of nitrogen functional groups attached to an aromatic ring is 1. The highest BCUT2D eigenvalue weighted by Gasteiger charge is 2.22. The molecule has 0 unspecified atom stereocenters. The van der Waals surface area contributed by atoms with Crippen LogP contribution in [0.1, 0.15) is 0 Å². The van der Waals surface area contributed by atoms with E-state index in [1.807, 2.05) is 0 Å². The van der Waals surface area contributed by atoms with E-state index in [0.717, 1.165) is 18.2 Å². The van der Waals surface area contributed by atoms with Gasteiger partial charge in [-0.15, -0.1) is 10.2 Å².